The van der Waals surface area contributed by atoms with Crippen molar-refractivity contribution in [3.63, 3.8) is 0 Å². The molecule has 6 nitrogen and oxygen atoms in total. The van der Waals surface area contributed by atoms with Crippen molar-refractivity contribution in [2.75, 3.05) is 19.8 Å². The van der Waals surface area contributed by atoms with Gasteiger partial charge in [-0.25, -0.2) is 4.39 Å². The summed E-state index contributed by atoms with van der Waals surface area (Å²) in [4.78, 5) is 23.0. The zero-order valence-electron chi connectivity index (χ0n) is 15.3. The van der Waals surface area contributed by atoms with Crippen molar-refractivity contribution in [3.05, 3.63) is 74.0 Å². The summed E-state index contributed by atoms with van der Waals surface area (Å²) >= 11 is 5.99. The maximum absolute atomic E-state index is 14.0. The predicted octanol–water partition coefficient (Wildman–Crippen LogP) is 4.17. The third-order valence-electron chi connectivity index (χ3n) is 5.27. The fraction of sp³-hybridized carbons (Fsp3) is 0.350. The Bertz CT molecular complexity index is 896. The van der Waals surface area contributed by atoms with Gasteiger partial charge in [0.2, 0.25) is 0 Å². The van der Waals surface area contributed by atoms with E-state index >= 15 is 0 Å². The van der Waals surface area contributed by atoms with Crippen molar-refractivity contribution < 1.29 is 18.8 Å². The monoisotopic (exact) mass is 406 g/mol. The van der Waals surface area contributed by atoms with E-state index in [0.717, 1.165) is 17.7 Å². The quantitative estimate of drug-likeness (QED) is 0.596. The van der Waals surface area contributed by atoms with Crippen LogP contribution in [0.3, 0.4) is 0 Å². The number of nitro benzene ring substituents is 1. The number of carbonyl (C=O) groups excluding carboxylic acids is 1. The molecule has 0 saturated carbocycles. The van der Waals surface area contributed by atoms with Gasteiger partial charge in [-0.1, -0.05) is 23.7 Å². The van der Waals surface area contributed by atoms with Gasteiger partial charge in [0, 0.05) is 41.8 Å². The largest absolute Gasteiger partial charge is 0.381 e. The molecule has 1 N–H and O–H groups in total. The second kappa shape index (κ2) is 8.24. The summed E-state index contributed by atoms with van der Waals surface area (Å²) in [7, 11) is 0. The third-order valence-corrected chi connectivity index (χ3v) is 5.52. The van der Waals surface area contributed by atoms with Gasteiger partial charge >= 0.3 is 0 Å². The van der Waals surface area contributed by atoms with Gasteiger partial charge in [0.05, 0.1) is 10.5 Å². The molecule has 3 rings (SSSR count). The van der Waals surface area contributed by atoms with Crippen LogP contribution in [0.1, 0.15) is 34.3 Å². The highest BCUT2D eigenvalue weighted by Crippen LogP contribution is 2.35. The molecule has 1 aliphatic heterocycles. The summed E-state index contributed by atoms with van der Waals surface area (Å²) in [5.74, 6) is -1.33. The molecule has 8 heteroatoms. The number of halogens is 2. The first-order valence-electron chi connectivity index (χ1n) is 8.89. The third kappa shape index (κ3) is 4.15. The van der Waals surface area contributed by atoms with E-state index in [4.69, 9.17) is 16.3 Å². The molecule has 0 unspecified atom stereocenters. The highest BCUT2D eigenvalue weighted by Gasteiger charge is 2.35. The average Bonchev–Trinajstić information content (AvgIpc) is 2.69. The Kier molecular flexibility index (Phi) is 5.96. The number of amides is 1. The maximum Gasteiger partial charge on any atom is 0.276 e. The van der Waals surface area contributed by atoms with Crippen LogP contribution in [0.25, 0.3) is 0 Å². The smallest absolute Gasteiger partial charge is 0.276 e. The molecular formula is C20H20ClFN2O4. The topological polar surface area (TPSA) is 81.5 Å². The fourth-order valence-corrected chi connectivity index (χ4v) is 3.60. The number of hydrogen-bond donors (Lipinski definition) is 1. The van der Waals surface area contributed by atoms with Crippen molar-refractivity contribution in [2.24, 2.45) is 0 Å². The first-order valence-corrected chi connectivity index (χ1v) is 9.27. The van der Waals surface area contributed by atoms with Crippen molar-refractivity contribution in [2.45, 2.75) is 25.2 Å². The number of hydrogen-bond acceptors (Lipinski definition) is 4. The van der Waals surface area contributed by atoms with Crippen LogP contribution in [-0.2, 0) is 10.2 Å². The normalized spacial score (nSPS) is 15.8. The van der Waals surface area contributed by atoms with Gasteiger partial charge in [0.15, 0.2) is 0 Å². The van der Waals surface area contributed by atoms with Crippen molar-refractivity contribution in [1.29, 1.82) is 0 Å². The number of carbonyl (C=O) groups is 1. The lowest BCUT2D eigenvalue weighted by Crippen LogP contribution is -2.44. The summed E-state index contributed by atoms with van der Waals surface area (Å²) in [5.41, 5.74) is 0.107. The lowest BCUT2D eigenvalue weighted by atomic mass is 9.74. The Labute approximate surface area is 166 Å². The van der Waals surface area contributed by atoms with E-state index in [0.29, 0.717) is 37.6 Å². The van der Waals surface area contributed by atoms with Crippen LogP contribution >= 0.6 is 11.6 Å². The molecule has 1 amide bonds. The molecule has 0 aliphatic carbocycles. The number of nitrogens with zero attached hydrogens (tertiary/aromatic N) is 1. The van der Waals surface area contributed by atoms with Gasteiger partial charge in [-0.3, -0.25) is 14.9 Å². The van der Waals surface area contributed by atoms with Crippen LogP contribution in [-0.4, -0.2) is 30.6 Å². The van der Waals surface area contributed by atoms with Crippen LogP contribution in [0.15, 0.2) is 36.4 Å². The Hall–Kier alpha value is -2.51. The van der Waals surface area contributed by atoms with E-state index in [1.165, 1.54) is 6.92 Å². The summed E-state index contributed by atoms with van der Waals surface area (Å²) in [6.45, 7) is 2.74. The molecule has 0 spiro atoms. The van der Waals surface area contributed by atoms with Gasteiger partial charge in [-0.15, -0.1) is 0 Å². The van der Waals surface area contributed by atoms with E-state index in [2.05, 4.69) is 5.32 Å². The summed E-state index contributed by atoms with van der Waals surface area (Å²) in [5, 5.41) is 14.5. The molecule has 0 atom stereocenters. The van der Waals surface area contributed by atoms with Crippen LogP contribution in [0, 0.1) is 22.9 Å². The van der Waals surface area contributed by atoms with E-state index in [1.54, 1.807) is 12.1 Å². The molecule has 1 aliphatic rings. The van der Waals surface area contributed by atoms with Gasteiger partial charge in [0.1, 0.15) is 5.82 Å². The Morgan fingerprint density at radius 3 is 2.54 bits per heavy atom. The standard InChI is InChI=1S/C20H20ClFN2O4/c1-13-17(22)10-14(11-18(13)24(26)27)19(25)23-12-20(6-8-28-9-7-20)15-2-4-16(21)5-3-15/h2-5,10-11H,6-9,12H2,1H3,(H,23,25). The van der Waals surface area contributed by atoms with Crippen molar-refractivity contribution in [1.82, 2.24) is 5.32 Å². The number of nitro groups is 1. The highest BCUT2D eigenvalue weighted by atomic mass is 35.5. The van der Waals surface area contributed by atoms with Crippen molar-refractivity contribution >= 4 is 23.2 Å². The first-order chi connectivity index (χ1) is 13.3. The minimum atomic E-state index is -0.780. The zero-order valence-corrected chi connectivity index (χ0v) is 16.1. The summed E-state index contributed by atoms with van der Waals surface area (Å²) < 4.78 is 19.5. The molecule has 28 heavy (non-hydrogen) atoms. The molecule has 0 aromatic heterocycles. The molecule has 0 bridgehead atoms. The van der Waals surface area contributed by atoms with E-state index in [9.17, 15) is 19.3 Å². The Morgan fingerprint density at radius 2 is 1.93 bits per heavy atom. The molecular weight excluding hydrogens is 387 g/mol. The number of nitrogens with one attached hydrogen (secondary N) is 1. The Morgan fingerprint density at radius 1 is 1.29 bits per heavy atom. The highest BCUT2D eigenvalue weighted by molar-refractivity contribution is 6.30. The zero-order chi connectivity index (χ0) is 20.3. The molecule has 148 valence electrons. The minimum Gasteiger partial charge on any atom is -0.381 e. The average molecular weight is 407 g/mol. The second-order valence-corrected chi connectivity index (χ2v) is 7.38. The maximum atomic E-state index is 14.0. The fourth-order valence-electron chi connectivity index (χ4n) is 3.47. The van der Waals surface area contributed by atoms with E-state index in [1.807, 2.05) is 12.1 Å². The lowest BCUT2D eigenvalue weighted by Gasteiger charge is -2.38. The second-order valence-electron chi connectivity index (χ2n) is 6.94. The van der Waals surface area contributed by atoms with Crippen LogP contribution in [0.4, 0.5) is 10.1 Å². The minimum absolute atomic E-state index is 0.0758. The molecule has 1 fully saturated rings. The summed E-state index contributed by atoms with van der Waals surface area (Å²) in [6.07, 6.45) is 1.41. The first kappa shape index (κ1) is 20.2. The predicted molar refractivity (Wildman–Crippen MR) is 103 cm³/mol. The Balaban J connectivity index is 1.83. The molecule has 0 radical (unpaired) electrons. The number of ether oxygens (including phenoxy) is 1. The van der Waals surface area contributed by atoms with Gasteiger partial charge in [-0.2, -0.15) is 0 Å². The van der Waals surface area contributed by atoms with Crippen molar-refractivity contribution in [3.8, 4) is 0 Å². The van der Waals surface area contributed by atoms with E-state index < -0.39 is 22.3 Å². The van der Waals surface area contributed by atoms with Crippen LogP contribution < -0.4 is 5.32 Å². The molecule has 2 aromatic rings. The SMILES string of the molecule is Cc1c(F)cc(C(=O)NCC2(c3ccc(Cl)cc3)CCOCC2)cc1[N+](=O)[O-]. The van der Waals surface area contributed by atoms with Gasteiger partial charge in [0.25, 0.3) is 11.6 Å². The van der Waals surface area contributed by atoms with E-state index in [-0.39, 0.29) is 16.5 Å². The van der Waals surface area contributed by atoms with Gasteiger partial charge < -0.3 is 10.1 Å². The summed E-state index contributed by atoms with van der Waals surface area (Å²) in [6, 6.07) is 9.58. The number of benzene rings is 2. The van der Waals surface area contributed by atoms with Crippen LogP contribution in [0.5, 0.6) is 0 Å². The molecule has 1 heterocycles. The van der Waals surface area contributed by atoms with Crippen LogP contribution in [0.2, 0.25) is 5.02 Å². The van der Waals surface area contributed by atoms with Gasteiger partial charge in [-0.05, 0) is 43.5 Å². The lowest BCUT2D eigenvalue weighted by molar-refractivity contribution is -0.385. The molecule has 2 aromatic carbocycles. The number of rotatable bonds is 5. The molecule has 1 saturated heterocycles.